The highest BCUT2D eigenvalue weighted by Crippen LogP contribution is 2.37. The number of piperidine rings is 1. The van der Waals surface area contributed by atoms with Crippen molar-refractivity contribution in [1.82, 2.24) is 25.0 Å². The van der Waals surface area contributed by atoms with Gasteiger partial charge in [0.15, 0.2) is 11.5 Å². The average molecular weight is 640 g/mol. The van der Waals surface area contributed by atoms with E-state index in [1.807, 2.05) is 32.0 Å². The molecular weight excluding hydrogens is 603 g/mol. The summed E-state index contributed by atoms with van der Waals surface area (Å²) in [6, 6.07) is 13.5. The Labute approximate surface area is 271 Å². The number of likely N-dealkylation sites (N-methyl/N-ethyl adjacent to an activating group) is 1. The lowest BCUT2D eigenvalue weighted by molar-refractivity contribution is -0.138. The first-order chi connectivity index (χ1) is 22.6. The number of ketones is 1. The molecule has 0 bridgehead atoms. The molecule has 0 saturated carbocycles. The van der Waals surface area contributed by atoms with Crippen molar-refractivity contribution < 1.29 is 22.5 Å². The minimum atomic E-state index is -4.64. The molecule has 0 aliphatic carbocycles. The maximum absolute atomic E-state index is 14.3. The van der Waals surface area contributed by atoms with Crippen LogP contribution >= 0.6 is 0 Å². The van der Waals surface area contributed by atoms with Crippen LogP contribution in [0.5, 0.6) is 0 Å². The summed E-state index contributed by atoms with van der Waals surface area (Å²) in [5, 5.41) is 3.85. The second-order valence-electron chi connectivity index (χ2n) is 12.2. The van der Waals surface area contributed by atoms with Crippen molar-refractivity contribution in [3.05, 3.63) is 118 Å². The highest BCUT2D eigenvalue weighted by atomic mass is 19.4. The SMILES string of the molecule is CCN1CCCC(c2ccc(C(=O)Cc3ccc(C)c(Cc4nccc(-c5cncc(-c6oncc6C)c5)n4)c3)c(C(F)(F)F)c2)C1. The summed E-state index contributed by atoms with van der Waals surface area (Å²) >= 11 is 0. The highest BCUT2D eigenvalue weighted by Gasteiger charge is 2.36. The molecule has 0 radical (unpaired) electrons. The lowest BCUT2D eigenvalue weighted by atomic mass is 9.87. The number of carbonyl (C=O) groups is 1. The monoisotopic (exact) mass is 639 g/mol. The Morgan fingerprint density at radius 2 is 1.83 bits per heavy atom. The van der Waals surface area contributed by atoms with Crippen molar-refractivity contribution in [3.63, 3.8) is 0 Å². The first-order valence-corrected chi connectivity index (χ1v) is 15.8. The second-order valence-corrected chi connectivity index (χ2v) is 12.2. The largest absolute Gasteiger partial charge is 0.417 e. The van der Waals surface area contributed by atoms with E-state index in [9.17, 15) is 18.0 Å². The fourth-order valence-corrected chi connectivity index (χ4v) is 6.30. The number of rotatable bonds is 9. The van der Waals surface area contributed by atoms with E-state index < -0.39 is 17.5 Å². The Kier molecular flexibility index (Phi) is 9.31. The first kappa shape index (κ1) is 32.2. The smallest absolute Gasteiger partial charge is 0.356 e. The molecule has 4 heterocycles. The van der Waals surface area contributed by atoms with E-state index in [-0.39, 0.29) is 17.9 Å². The molecule has 1 saturated heterocycles. The maximum Gasteiger partial charge on any atom is 0.417 e. The van der Waals surface area contributed by atoms with Gasteiger partial charge in [-0.15, -0.1) is 0 Å². The number of alkyl halides is 3. The van der Waals surface area contributed by atoms with Crippen molar-refractivity contribution in [2.75, 3.05) is 19.6 Å². The lowest BCUT2D eigenvalue weighted by Gasteiger charge is -2.32. The molecule has 1 aliphatic heterocycles. The third-order valence-corrected chi connectivity index (χ3v) is 8.95. The van der Waals surface area contributed by atoms with Crippen LogP contribution in [0, 0.1) is 13.8 Å². The van der Waals surface area contributed by atoms with Gasteiger partial charge in [0.2, 0.25) is 0 Å². The molecule has 1 atom stereocenters. The Morgan fingerprint density at radius 1 is 1.00 bits per heavy atom. The Morgan fingerprint density at radius 3 is 2.60 bits per heavy atom. The van der Waals surface area contributed by atoms with E-state index in [1.54, 1.807) is 43.0 Å². The van der Waals surface area contributed by atoms with Gasteiger partial charge in [-0.3, -0.25) is 9.78 Å². The molecule has 7 nitrogen and oxygen atoms in total. The number of hydrogen-bond donors (Lipinski definition) is 0. The molecule has 0 N–H and O–H groups in total. The molecule has 0 spiro atoms. The van der Waals surface area contributed by atoms with E-state index in [1.165, 1.54) is 12.1 Å². The molecule has 47 heavy (non-hydrogen) atoms. The van der Waals surface area contributed by atoms with Crippen LogP contribution in [0.2, 0.25) is 0 Å². The minimum Gasteiger partial charge on any atom is -0.356 e. The van der Waals surface area contributed by atoms with Gasteiger partial charge in [0.25, 0.3) is 0 Å². The predicted molar refractivity (Wildman–Crippen MR) is 173 cm³/mol. The number of Topliss-reactive ketones (excluding diaryl/α,β-unsaturated/α-hetero) is 1. The van der Waals surface area contributed by atoms with Gasteiger partial charge in [-0.1, -0.05) is 42.4 Å². The van der Waals surface area contributed by atoms with Crippen molar-refractivity contribution in [1.29, 1.82) is 0 Å². The van der Waals surface area contributed by atoms with Gasteiger partial charge < -0.3 is 9.42 Å². The first-order valence-electron chi connectivity index (χ1n) is 15.8. The van der Waals surface area contributed by atoms with E-state index in [0.29, 0.717) is 34.8 Å². The zero-order valence-electron chi connectivity index (χ0n) is 26.6. The third-order valence-electron chi connectivity index (χ3n) is 8.95. The predicted octanol–water partition coefficient (Wildman–Crippen LogP) is 8.04. The van der Waals surface area contributed by atoms with Gasteiger partial charge >= 0.3 is 6.18 Å². The minimum absolute atomic E-state index is 0.0204. The molecule has 10 heteroatoms. The summed E-state index contributed by atoms with van der Waals surface area (Å²) in [5.41, 5.74) is 5.13. The molecule has 0 amide bonds. The van der Waals surface area contributed by atoms with Crippen LogP contribution in [-0.2, 0) is 19.0 Å². The van der Waals surface area contributed by atoms with Gasteiger partial charge in [-0.05, 0) is 86.1 Å². The zero-order chi connectivity index (χ0) is 33.1. The van der Waals surface area contributed by atoms with Crippen molar-refractivity contribution in [3.8, 4) is 22.6 Å². The topological polar surface area (TPSA) is 85.0 Å². The molecule has 242 valence electrons. The Hall–Kier alpha value is -4.70. The Balaban J connectivity index is 1.21. The van der Waals surface area contributed by atoms with Gasteiger partial charge in [-0.25, -0.2) is 9.97 Å². The molecule has 6 rings (SSSR count). The van der Waals surface area contributed by atoms with Crippen LogP contribution < -0.4 is 0 Å². The summed E-state index contributed by atoms with van der Waals surface area (Å²) in [4.78, 5) is 29.3. The molecule has 1 fully saturated rings. The van der Waals surface area contributed by atoms with Crippen molar-refractivity contribution >= 4 is 5.78 Å². The van der Waals surface area contributed by atoms with Crippen LogP contribution in [0.4, 0.5) is 13.2 Å². The van der Waals surface area contributed by atoms with Gasteiger partial charge in [0.1, 0.15) is 5.82 Å². The molecule has 1 aliphatic rings. The third kappa shape index (κ3) is 7.33. The molecular formula is C37H36F3N5O2. The van der Waals surface area contributed by atoms with E-state index in [0.717, 1.165) is 60.3 Å². The summed E-state index contributed by atoms with van der Waals surface area (Å²) < 4.78 is 48.2. The summed E-state index contributed by atoms with van der Waals surface area (Å²) in [6.07, 6.45) is 4.14. The average Bonchev–Trinajstić information content (AvgIpc) is 3.51. The number of pyridine rings is 1. The molecule has 5 aromatic rings. The molecule has 3 aromatic heterocycles. The van der Waals surface area contributed by atoms with Crippen LogP contribution in [-0.4, -0.2) is 50.4 Å². The standard InChI is InChI=1S/C37H36F3N5O2/c1-4-45-13-5-6-27(22-45)26-9-10-31(32(17-26)37(38,39)40)34(46)15-25-8-7-23(2)28(14-25)18-35-42-12-11-33(44-35)29-16-30(21-41-20-29)36-24(3)19-43-47-36/h7-12,14,16-17,19-21,27H,4-6,13,15,18,22H2,1-3H3. The van der Waals surface area contributed by atoms with Gasteiger partial charge in [0.05, 0.1) is 17.5 Å². The maximum atomic E-state index is 14.3. The Bertz CT molecular complexity index is 1900. The van der Waals surface area contributed by atoms with Crippen LogP contribution in [0.1, 0.15) is 75.2 Å². The summed E-state index contributed by atoms with van der Waals surface area (Å²) in [5.74, 6) is 0.660. The zero-order valence-corrected chi connectivity index (χ0v) is 26.6. The fraction of sp³-hybridized carbons (Fsp3) is 0.324. The number of aromatic nitrogens is 4. The van der Waals surface area contributed by atoms with Gasteiger partial charge in [-0.2, -0.15) is 13.2 Å². The number of benzene rings is 2. The van der Waals surface area contributed by atoms with Crippen LogP contribution in [0.3, 0.4) is 0 Å². The summed E-state index contributed by atoms with van der Waals surface area (Å²) in [6.45, 7) is 8.47. The normalized spacial score (nSPS) is 15.6. The van der Waals surface area contributed by atoms with Crippen molar-refractivity contribution in [2.24, 2.45) is 0 Å². The van der Waals surface area contributed by atoms with E-state index >= 15 is 0 Å². The highest BCUT2D eigenvalue weighted by molar-refractivity contribution is 5.99. The lowest BCUT2D eigenvalue weighted by Crippen LogP contribution is -2.34. The van der Waals surface area contributed by atoms with E-state index in [4.69, 9.17) is 9.51 Å². The fourth-order valence-electron chi connectivity index (χ4n) is 6.30. The molecule has 1 unspecified atom stereocenters. The number of likely N-dealkylation sites (tertiary alicyclic amines) is 1. The number of nitrogens with zero attached hydrogens (tertiary/aromatic N) is 5. The molecule has 2 aromatic carbocycles. The van der Waals surface area contributed by atoms with Crippen LogP contribution in [0.25, 0.3) is 22.6 Å². The number of aryl methyl sites for hydroxylation is 2. The number of hydrogen-bond acceptors (Lipinski definition) is 7. The quantitative estimate of drug-likeness (QED) is 0.151. The number of halogens is 3. The van der Waals surface area contributed by atoms with E-state index in [2.05, 4.69) is 26.9 Å². The van der Waals surface area contributed by atoms with Crippen LogP contribution in [0.15, 0.2) is 77.8 Å². The number of carbonyl (C=O) groups excluding carboxylic acids is 1. The van der Waals surface area contributed by atoms with Crippen molar-refractivity contribution in [2.45, 2.75) is 58.5 Å². The summed E-state index contributed by atoms with van der Waals surface area (Å²) in [7, 11) is 0. The van der Waals surface area contributed by atoms with Gasteiger partial charge in [0, 0.05) is 60.2 Å². The second kappa shape index (κ2) is 13.6.